The molecule has 1 aliphatic carbocycles. The van der Waals surface area contributed by atoms with Crippen LogP contribution in [0.25, 0.3) is 0 Å². The molecule has 2 rings (SSSR count). The van der Waals surface area contributed by atoms with Crippen molar-refractivity contribution >= 4 is 11.8 Å². The number of benzene rings is 1. The maximum absolute atomic E-state index is 11.9. The Morgan fingerprint density at radius 3 is 2.73 bits per heavy atom. The highest BCUT2D eigenvalue weighted by Gasteiger charge is 2.17. The van der Waals surface area contributed by atoms with Gasteiger partial charge in [-0.3, -0.25) is 9.59 Å². The minimum atomic E-state index is -0.223. The normalized spacial score (nSPS) is 17.0. The molecule has 3 N–H and O–H groups in total. The lowest BCUT2D eigenvalue weighted by Crippen LogP contribution is -2.34. The summed E-state index contributed by atoms with van der Waals surface area (Å²) < 4.78 is 0. The average molecular weight is 302 g/mol. The number of hydrogen-bond acceptors (Lipinski definition) is 3. The van der Waals surface area contributed by atoms with E-state index in [0.29, 0.717) is 25.1 Å². The van der Waals surface area contributed by atoms with Crippen LogP contribution in [-0.2, 0) is 4.79 Å². The van der Waals surface area contributed by atoms with E-state index in [1.807, 2.05) is 0 Å². The fourth-order valence-electron chi connectivity index (χ4n) is 2.43. The van der Waals surface area contributed by atoms with Crippen molar-refractivity contribution < 1.29 is 14.7 Å². The molecule has 5 heteroatoms. The lowest BCUT2D eigenvalue weighted by molar-refractivity contribution is -0.125. The molecule has 1 atom stereocenters. The first-order valence-electron chi connectivity index (χ1n) is 7.67. The maximum atomic E-state index is 11.9. The van der Waals surface area contributed by atoms with Crippen molar-refractivity contribution in [2.45, 2.75) is 25.7 Å². The molecule has 0 radical (unpaired) electrons. The van der Waals surface area contributed by atoms with Crippen molar-refractivity contribution in [1.82, 2.24) is 10.6 Å². The zero-order valence-corrected chi connectivity index (χ0v) is 12.5. The summed E-state index contributed by atoms with van der Waals surface area (Å²) in [6.07, 6.45) is 7.55. The van der Waals surface area contributed by atoms with Gasteiger partial charge in [-0.1, -0.05) is 18.2 Å². The first kappa shape index (κ1) is 16.1. The molecule has 0 fully saturated rings. The fourth-order valence-corrected chi connectivity index (χ4v) is 2.43. The van der Waals surface area contributed by atoms with Gasteiger partial charge in [0.05, 0.1) is 0 Å². The van der Waals surface area contributed by atoms with Gasteiger partial charge in [0.1, 0.15) is 5.75 Å². The van der Waals surface area contributed by atoms with Gasteiger partial charge >= 0.3 is 0 Å². The minimum absolute atomic E-state index is 0.0708. The SMILES string of the molecule is O=C(NCCCNC(=O)[C@H]1CC=CCC1)c1cccc(O)c1. The molecule has 118 valence electrons. The number of carbonyl (C=O) groups excluding carboxylic acids is 2. The van der Waals surface area contributed by atoms with Crippen LogP contribution < -0.4 is 10.6 Å². The molecule has 22 heavy (non-hydrogen) atoms. The number of allylic oxidation sites excluding steroid dienone is 2. The molecule has 0 unspecified atom stereocenters. The van der Waals surface area contributed by atoms with E-state index in [-0.39, 0.29) is 23.5 Å². The van der Waals surface area contributed by atoms with Crippen LogP contribution in [0.2, 0.25) is 0 Å². The average Bonchev–Trinajstić information content (AvgIpc) is 2.55. The van der Waals surface area contributed by atoms with Gasteiger partial charge in [0.2, 0.25) is 5.91 Å². The minimum Gasteiger partial charge on any atom is -0.508 e. The quantitative estimate of drug-likeness (QED) is 0.555. The van der Waals surface area contributed by atoms with Crippen molar-refractivity contribution in [2.24, 2.45) is 5.92 Å². The number of aromatic hydroxyl groups is 1. The molecule has 0 saturated carbocycles. The van der Waals surface area contributed by atoms with Crippen LogP contribution in [0.5, 0.6) is 5.75 Å². The van der Waals surface area contributed by atoms with E-state index in [1.54, 1.807) is 12.1 Å². The summed E-state index contributed by atoms with van der Waals surface area (Å²) in [5, 5.41) is 15.0. The van der Waals surface area contributed by atoms with Gasteiger partial charge in [-0.25, -0.2) is 0 Å². The predicted octanol–water partition coefficient (Wildman–Crippen LogP) is 1.98. The van der Waals surface area contributed by atoms with Crippen LogP contribution >= 0.6 is 0 Å². The lowest BCUT2D eigenvalue weighted by Gasteiger charge is -2.17. The van der Waals surface area contributed by atoms with Gasteiger partial charge in [0.15, 0.2) is 0 Å². The Bertz CT molecular complexity index is 555. The molecule has 1 aromatic rings. The molecular formula is C17H22N2O3. The Hall–Kier alpha value is -2.30. The largest absolute Gasteiger partial charge is 0.508 e. The highest BCUT2D eigenvalue weighted by molar-refractivity contribution is 5.94. The van der Waals surface area contributed by atoms with Crippen molar-refractivity contribution in [2.75, 3.05) is 13.1 Å². The summed E-state index contributed by atoms with van der Waals surface area (Å²) in [5.41, 5.74) is 0.429. The highest BCUT2D eigenvalue weighted by atomic mass is 16.3. The molecule has 0 heterocycles. The molecule has 0 aromatic heterocycles. The molecule has 0 bridgehead atoms. The number of phenolic OH excluding ortho intramolecular Hbond substituents is 1. The van der Waals surface area contributed by atoms with Gasteiger partial charge in [0.25, 0.3) is 5.91 Å². The van der Waals surface area contributed by atoms with E-state index in [9.17, 15) is 14.7 Å². The van der Waals surface area contributed by atoms with E-state index in [4.69, 9.17) is 0 Å². The van der Waals surface area contributed by atoms with Gasteiger partial charge in [-0.2, -0.15) is 0 Å². The van der Waals surface area contributed by atoms with Crippen LogP contribution in [-0.4, -0.2) is 30.0 Å². The van der Waals surface area contributed by atoms with E-state index in [2.05, 4.69) is 22.8 Å². The summed E-state index contributed by atoms with van der Waals surface area (Å²) in [6.45, 7) is 1.04. The Labute approximate surface area is 130 Å². The molecule has 0 aliphatic heterocycles. The van der Waals surface area contributed by atoms with Gasteiger partial charge in [-0.05, 0) is 43.9 Å². The van der Waals surface area contributed by atoms with Crippen LogP contribution in [0.15, 0.2) is 36.4 Å². The second-order valence-corrected chi connectivity index (χ2v) is 5.43. The number of hydrogen-bond donors (Lipinski definition) is 3. The van der Waals surface area contributed by atoms with Crippen molar-refractivity contribution in [3.8, 4) is 5.75 Å². The number of amides is 2. The maximum Gasteiger partial charge on any atom is 0.251 e. The predicted molar refractivity (Wildman–Crippen MR) is 84.5 cm³/mol. The highest BCUT2D eigenvalue weighted by Crippen LogP contribution is 2.17. The second-order valence-electron chi connectivity index (χ2n) is 5.43. The smallest absolute Gasteiger partial charge is 0.251 e. The molecule has 0 spiro atoms. The van der Waals surface area contributed by atoms with E-state index >= 15 is 0 Å². The third kappa shape index (κ3) is 4.91. The summed E-state index contributed by atoms with van der Waals surface area (Å²) in [7, 11) is 0. The first-order valence-corrected chi connectivity index (χ1v) is 7.67. The van der Waals surface area contributed by atoms with Crippen molar-refractivity contribution in [3.05, 3.63) is 42.0 Å². The monoisotopic (exact) mass is 302 g/mol. The number of carbonyl (C=O) groups is 2. The van der Waals surface area contributed by atoms with E-state index in [0.717, 1.165) is 19.3 Å². The molecular weight excluding hydrogens is 280 g/mol. The standard InChI is InChI=1S/C17H22N2O3/c20-15-9-4-8-14(12-15)17(22)19-11-5-10-18-16(21)13-6-2-1-3-7-13/h1-2,4,8-9,12-13,20H,3,5-7,10-11H2,(H,18,21)(H,19,22)/t13-/m0/s1. The van der Waals surface area contributed by atoms with Crippen LogP contribution in [0.4, 0.5) is 0 Å². The third-order valence-electron chi connectivity index (χ3n) is 3.69. The van der Waals surface area contributed by atoms with Gasteiger partial charge in [0, 0.05) is 24.6 Å². The Balaban J connectivity index is 1.62. The van der Waals surface area contributed by atoms with Crippen LogP contribution in [0.1, 0.15) is 36.0 Å². The lowest BCUT2D eigenvalue weighted by atomic mass is 9.94. The van der Waals surface area contributed by atoms with E-state index in [1.165, 1.54) is 12.1 Å². The van der Waals surface area contributed by atoms with E-state index < -0.39 is 0 Å². The zero-order chi connectivity index (χ0) is 15.8. The molecule has 0 saturated heterocycles. The number of rotatable bonds is 6. The van der Waals surface area contributed by atoms with Crippen molar-refractivity contribution in [1.29, 1.82) is 0 Å². The van der Waals surface area contributed by atoms with Crippen molar-refractivity contribution in [3.63, 3.8) is 0 Å². The molecule has 1 aliphatic rings. The number of nitrogens with one attached hydrogen (secondary N) is 2. The first-order chi connectivity index (χ1) is 10.7. The Kier molecular flexibility index (Phi) is 6.01. The number of phenols is 1. The van der Waals surface area contributed by atoms with Gasteiger partial charge in [-0.15, -0.1) is 0 Å². The van der Waals surface area contributed by atoms with Crippen LogP contribution in [0, 0.1) is 5.92 Å². The fraction of sp³-hybridized carbons (Fsp3) is 0.412. The Morgan fingerprint density at radius 1 is 1.18 bits per heavy atom. The third-order valence-corrected chi connectivity index (χ3v) is 3.69. The van der Waals surface area contributed by atoms with Gasteiger partial charge < -0.3 is 15.7 Å². The summed E-state index contributed by atoms with van der Waals surface area (Å²) >= 11 is 0. The molecule has 2 amide bonds. The molecule has 5 nitrogen and oxygen atoms in total. The zero-order valence-electron chi connectivity index (χ0n) is 12.5. The second kappa shape index (κ2) is 8.22. The van der Waals surface area contributed by atoms with Crippen LogP contribution in [0.3, 0.4) is 0 Å². The molecule has 1 aromatic carbocycles. The Morgan fingerprint density at radius 2 is 2.00 bits per heavy atom. The summed E-state index contributed by atoms with van der Waals surface area (Å²) in [4.78, 5) is 23.7. The summed E-state index contributed by atoms with van der Waals surface area (Å²) in [5.74, 6) is 0.0385. The topological polar surface area (TPSA) is 78.4 Å². The summed E-state index contributed by atoms with van der Waals surface area (Å²) in [6, 6.07) is 6.22.